The Morgan fingerprint density at radius 3 is 2.70 bits per heavy atom. The van der Waals surface area contributed by atoms with Crippen molar-refractivity contribution in [2.24, 2.45) is 0 Å². The molecule has 1 aromatic rings. The topological polar surface area (TPSA) is 79.7 Å². The van der Waals surface area contributed by atoms with Crippen molar-refractivity contribution in [1.82, 2.24) is 9.88 Å². The summed E-state index contributed by atoms with van der Waals surface area (Å²) >= 11 is 0. The summed E-state index contributed by atoms with van der Waals surface area (Å²) in [7, 11) is 0. The molecule has 1 amide bonds. The molecule has 0 saturated heterocycles. The van der Waals surface area contributed by atoms with E-state index in [2.05, 4.69) is 4.98 Å². The van der Waals surface area contributed by atoms with Crippen molar-refractivity contribution in [2.75, 3.05) is 13.1 Å². The fraction of sp³-hybridized carbons (Fsp3) is 0.500. The second kappa shape index (κ2) is 7.47. The van der Waals surface area contributed by atoms with E-state index >= 15 is 0 Å². The molecule has 0 unspecified atom stereocenters. The van der Waals surface area contributed by atoms with Gasteiger partial charge in [0.05, 0.1) is 6.10 Å². The third kappa shape index (κ3) is 4.53. The maximum absolute atomic E-state index is 12.4. The minimum atomic E-state index is -1.05. The van der Waals surface area contributed by atoms with Crippen LogP contribution >= 0.6 is 0 Å². The molecule has 0 aliphatic rings. The van der Waals surface area contributed by atoms with Crippen LogP contribution in [0.25, 0.3) is 0 Å². The molecule has 20 heavy (non-hydrogen) atoms. The Morgan fingerprint density at radius 2 is 2.15 bits per heavy atom. The minimum absolute atomic E-state index is 0.0927. The van der Waals surface area contributed by atoms with Gasteiger partial charge in [0.15, 0.2) is 11.4 Å². The lowest BCUT2D eigenvalue weighted by Crippen LogP contribution is -2.37. The van der Waals surface area contributed by atoms with Crippen LogP contribution in [0, 0.1) is 0 Å². The number of carbonyl (C=O) groups is 2. The quantitative estimate of drug-likeness (QED) is 0.824. The summed E-state index contributed by atoms with van der Waals surface area (Å²) in [4.78, 5) is 28.5. The van der Waals surface area contributed by atoms with Gasteiger partial charge in [0, 0.05) is 12.7 Å². The van der Waals surface area contributed by atoms with Crippen LogP contribution in [-0.2, 0) is 4.79 Å². The SMILES string of the molecule is CCCN(CC(=O)O)C(=O)c1ncccc1OC(C)C. The Balaban J connectivity index is 3.01. The minimum Gasteiger partial charge on any atom is -0.489 e. The second-order valence-electron chi connectivity index (χ2n) is 4.64. The molecular weight excluding hydrogens is 260 g/mol. The zero-order chi connectivity index (χ0) is 15.1. The summed E-state index contributed by atoms with van der Waals surface area (Å²) in [6.45, 7) is 5.60. The fourth-order valence-corrected chi connectivity index (χ4v) is 1.74. The monoisotopic (exact) mass is 280 g/mol. The molecule has 0 aromatic carbocycles. The molecule has 0 bridgehead atoms. The number of carboxylic acid groups (broad SMARTS) is 1. The van der Waals surface area contributed by atoms with E-state index in [0.29, 0.717) is 18.7 Å². The Morgan fingerprint density at radius 1 is 1.45 bits per heavy atom. The van der Waals surface area contributed by atoms with Gasteiger partial charge < -0.3 is 14.7 Å². The summed E-state index contributed by atoms with van der Waals surface area (Å²) in [5.41, 5.74) is 0.149. The van der Waals surface area contributed by atoms with Gasteiger partial charge in [-0.1, -0.05) is 6.92 Å². The van der Waals surface area contributed by atoms with Gasteiger partial charge in [0.1, 0.15) is 6.54 Å². The van der Waals surface area contributed by atoms with Crippen LogP contribution in [0.3, 0.4) is 0 Å². The number of pyridine rings is 1. The summed E-state index contributed by atoms with van der Waals surface area (Å²) in [5.74, 6) is -1.10. The van der Waals surface area contributed by atoms with Crippen LogP contribution in [0.1, 0.15) is 37.7 Å². The molecule has 0 radical (unpaired) electrons. The molecule has 110 valence electrons. The normalized spacial score (nSPS) is 10.4. The van der Waals surface area contributed by atoms with Gasteiger partial charge in [-0.2, -0.15) is 0 Å². The van der Waals surface area contributed by atoms with E-state index in [-0.39, 0.29) is 18.3 Å². The molecule has 0 aliphatic heterocycles. The van der Waals surface area contributed by atoms with E-state index in [0.717, 1.165) is 0 Å². The number of carboxylic acids is 1. The van der Waals surface area contributed by atoms with E-state index in [4.69, 9.17) is 9.84 Å². The van der Waals surface area contributed by atoms with Crippen molar-refractivity contribution in [3.63, 3.8) is 0 Å². The Labute approximate surface area is 118 Å². The van der Waals surface area contributed by atoms with Crippen molar-refractivity contribution in [3.05, 3.63) is 24.0 Å². The zero-order valence-corrected chi connectivity index (χ0v) is 12.0. The first-order valence-electron chi connectivity index (χ1n) is 6.58. The Kier molecular flexibility index (Phi) is 5.96. The highest BCUT2D eigenvalue weighted by Crippen LogP contribution is 2.19. The number of aliphatic carboxylic acids is 1. The average molecular weight is 280 g/mol. The van der Waals surface area contributed by atoms with E-state index in [9.17, 15) is 9.59 Å². The van der Waals surface area contributed by atoms with Gasteiger partial charge in [-0.05, 0) is 32.4 Å². The van der Waals surface area contributed by atoms with Gasteiger partial charge in [-0.15, -0.1) is 0 Å². The molecule has 0 fully saturated rings. The molecular formula is C14H20N2O4. The lowest BCUT2D eigenvalue weighted by Gasteiger charge is -2.21. The number of aromatic nitrogens is 1. The third-order valence-corrected chi connectivity index (χ3v) is 2.44. The number of ether oxygens (including phenoxy) is 1. The lowest BCUT2D eigenvalue weighted by atomic mass is 10.2. The van der Waals surface area contributed by atoms with Crippen molar-refractivity contribution < 1.29 is 19.4 Å². The van der Waals surface area contributed by atoms with Gasteiger partial charge in [0.2, 0.25) is 0 Å². The maximum atomic E-state index is 12.4. The highest BCUT2D eigenvalue weighted by atomic mass is 16.5. The number of rotatable bonds is 7. The Bertz CT molecular complexity index is 474. The van der Waals surface area contributed by atoms with Crippen LogP contribution in [0.15, 0.2) is 18.3 Å². The maximum Gasteiger partial charge on any atom is 0.323 e. The molecule has 6 nitrogen and oxygen atoms in total. The predicted octanol–water partition coefficient (Wildman–Crippen LogP) is 1.81. The van der Waals surface area contributed by atoms with Crippen molar-refractivity contribution in [2.45, 2.75) is 33.3 Å². The standard InChI is InChI=1S/C14H20N2O4/c1-4-8-16(9-12(17)18)14(19)13-11(20-10(2)3)6-5-7-15-13/h5-7,10H,4,8-9H2,1-3H3,(H,17,18). The van der Waals surface area contributed by atoms with Crippen LogP contribution in [0.4, 0.5) is 0 Å². The molecule has 1 heterocycles. The summed E-state index contributed by atoms with van der Waals surface area (Å²) < 4.78 is 5.54. The predicted molar refractivity (Wildman–Crippen MR) is 73.8 cm³/mol. The third-order valence-electron chi connectivity index (χ3n) is 2.44. The summed E-state index contributed by atoms with van der Waals surface area (Å²) in [5, 5.41) is 8.88. The molecule has 6 heteroatoms. The molecule has 0 spiro atoms. The van der Waals surface area contributed by atoms with Crippen LogP contribution in [-0.4, -0.2) is 46.1 Å². The van der Waals surface area contributed by atoms with Crippen molar-refractivity contribution >= 4 is 11.9 Å². The first-order chi connectivity index (χ1) is 9.45. The largest absolute Gasteiger partial charge is 0.489 e. The van der Waals surface area contributed by atoms with Crippen LogP contribution < -0.4 is 4.74 Å². The van der Waals surface area contributed by atoms with Gasteiger partial charge in [0.25, 0.3) is 5.91 Å². The Hall–Kier alpha value is -2.11. The first kappa shape index (κ1) is 15.9. The lowest BCUT2D eigenvalue weighted by molar-refractivity contribution is -0.137. The fourth-order valence-electron chi connectivity index (χ4n) is 1.74. The highest BCUT2D eigenvalue weighted by Gasteiger charge is 2.22. The molecule has 1 rings (SSSR count). The highest BCUT2D eigenvalue weighted by molar-refractivity contribution is 5.96. The van der Waals surface area contributed by atoms with Crippen molar-refractivity contribution in [3.8, 4) is 5.75 Å². The summed E-state index contributed by atoms with van der Waals surface area (Å²) in [6, 6.07) is 3.33. The summed E-state index contributed by atoms with van der Waals surface area (Å²) in [6.07, 6.45) is 2.07. The van der Waals surface area contributed by atoms with Gasteiger partial charge in [-0.25, -0.2) is 4.98 Å². The first-order valence-corrected chi connectivity index (χ1v) is 6.58. The van der Waals surface area contributed by atoms with Crippen molar-refractivity contribution in [1.29, 1.82) is 0 Å². The van der Waals surface area contributed by atoms with E-state index < -0.39 is 11.9 Å². The van der Waals surface area contributed by atoms with Gasteiger partial charge in [-0.3, -0.25) is 9.59 Å². The average Bonchev–Trinajstić information content (AvgIpc) is 2.37. The number of hydrogen-bond acceptors (Lipinski definition) is 4. The molecule has 0 saturated carbocycles. The second-order valence-corrected chi connectivity index (χ2v) is 4.64. The zero-order valence-electron chi connectivity index (χ0n) is 12.0. The smallest absolute Gasteiger partial charge is 0.323 e. The molecule has 0 atom stereocenters. The number of nitrogens with zero attached hydrogens (tertiary/aromatic N) is 2. The molecule has 0 aliphatic carbocycles. The van der Waals surface area contributed by atoms with Crippen LogP contribution in [0.2, 0.25) is 0 Å². The van der Waals surface area contributed by atoms with E-state index in [1.807, 2.05) is 20.8 Å². The van der Waals surface area contributed by atoms with E-state index in [1.54, 1.807) is 12.1 Å². The van der Waals surface area contributed by atoms with Crippen LogP contribution in [0.5, 0.6) is 5.75 Å². The van der Waals surface area contributed by atoms with Gasteiger partial charge >= 0.3 is 5.97 Å². The molecule has 1 aromatic heterocycles. The van der Waals surface area contributed by atoms with E-state index in [1.165, 1.54) is 11.1 Å². The molecule has 1 N–H and O–H groups in total. The number of amides is 1. The number of hydrogen-bond donors (Lipinski definition) is 1. The number of carbonyl (C=O) groups excluding carboxylic acids is 1.